The molecular weight excluding hydrogens is 332 g/mol. The second-order valence-electron chi connectivity index (χ2n) is 5.89. The predicted molar refractivity (Wildman–Crippen MR) is 100 cm³/mol. The molecule has 0 aliphatic carbocycles. The Hall–Kier alpha value is -3.48. The lowest BCUT2D eigenvalue weighted by Gasteiger charge is -2.20. The zero-order valence-electron chi connectivity index (χ0n) is 14.5. The van der Waals surface area contributed by atoms with Crippen LogP contribution in [-0.2, 0) is 6.54 Å². The third-order valence-electron chi connectivity index (χ3n) is 4.19. The van der Waals surface area contributed by atoms with Crippen molar-refractivity contribution in [3.05, 3.63) is 76.0 Å². The van der Waals surface area contributed by atoms with Crippen molar-refractivity contribution in [3.63, 3.8) is 0 Å². The third-order valence-corrected chi connectivity index (χ3v) is 4.19. The molecule has 7 heteroatoms. The van der Waals surface area contributed by atoms with Crippen LogP contribution in [0.25, 0.3) is 10.9 Å². The molecule has 132 valence electrons. The van der Waals surface area contributed by atoms with Crippen LogP contribution in [0.3, 0.4) is 0 Å². The maximum Gasteiger partial charge on any atom is 0.301 e. The second-order valence-corrected chi connectivity index (χ2v) is 5.89. The monoisotopic (exact) mass is 350 g/mol. The van der Waals surface area contributed by atoms with Crippen LogP contribution in [0.2, 0.25) is 0 Å². The Labute approximate surface area is 150 Å². The van der Waals surface area contributed by atoms with Crippen molar-refractivity contribution in [3.8, 4) is 0 Å². The number of pyridine rings is 1. The summed E-state index contributed by atoms with van der Waals surface area (Å²) in [4.78, 5) is 28.9. The molecule has 0 saturated carbocycles. The van der Waals surface area contributed by atoms with E-state index >= 15 is 0 Å². The Kier molecular flexibility index (Phi) is 4.79. The van der Waals surface area contributed by atoms with Crippen molar-refractivity contribution in [2.24, 2.45) is 0 Å². The Balaban J connectivity index is 1.92. The summed E-state index contributed by atoms with van der Waals surface area (Å²) in [5.41, 5.74) is 2.67. The molecular formula is C19H18N4O3. The van der Waals surface area contributed by atoms with Gasteiger partial charge in [0.05, 0.1) is 15.8 Å². The number of amides is 1. The first-order chi connectivity index (χ1) is 12.5. The van der Waals surface area contributed by atoms with Crippen LogP contribution in [0, 0.1) is 10.1 Å². The zero-order valence-corrected chi connectivity index (χ0v) is 14.5. The zero-order chi connectivity index (χ0) is 18.7. The van der Waals surface area contributed by atoms with Gasteiger partial charge in [0, 0.05) is 32.4 Å². The first kappa shape index (κ1) is 17.3. The summed E-state index contributed by atoms with van der Waals surface area (Å²) in [5, 5.41) is 14.7. The minimum Gasteiger partial charge on any atom is -0.365 e. The molecule has 26 heavy (non-hydrogen) atoms. The quantitative estimate of drug-likeness (QED) is 0.564. The predicted octanol–water partition coefficient (Wildman–Crippen LogP) is 3.14. The van der Waals surface area contributed by atoms with E-state index in [1.54, 1.807) is 56.7 Å². The van der Waals surface area contributed by atoms with Crippen LogP contribution in [0.5, 0.6) is 0 Å². The van der Waals surface area contributed by atoms with Crippen molar-refractivity contribution in [2.75, 3.05) is 19.0 Å². The summed E-state index contributed by atoms with van der Waals surface area (Å²) in [7, 11) is 3.38. The number of nitrogens with one attached hydrogen (secondary N) is 1. The molecule has 0 unspecified atom stereocenters. The Morgan fingerprint density at radius 3 is 2.58 bits per heavy atom. The first-order valence-corrected chi connectivity index (χ1v) is 8.05. The average molecular weight is 350 g/mol. The summed E-state index contributed by atoms with van der Waals surface area (Å²) in [6.45, 7) is 0.473. The summed E-state index contributed by atoms with van der Waals surface area (Å²) < 4.78 is 0. The van der Waals surface area contributed by atoms with Crippen molar-refractivity contribution in [2.45, 2.75) is 6.54 Å². The van der Waals surface area contributed by atoms with Crippen molar-refractivity contribution in [1.29, 1.82) is 0 Å². The number of carbonyl (C=O) groups is 1. The fourth-order valence-electron chi connectivity index (χ4n) is 2.89. The number of fused-ring (bicyclic) bond motifs is 1. The minimum atomic E-state index is -0.371. The molecule has 1 heterocycles. The second kappa shape index (κ2) is 7.18. The van der Waals surface area contributed by atoms with Gasteiger partial charge in [-0.25, -0.2) is 0 Å². The van der Waals surface area contributed by atoms with Crippen LogP contribution in [0.1, 0.15) is 15.9 Å². The number of hydrogen-bond donors (Lipinski definition) is 1. The largest absolute Gasteiger partial charge is 0.365 e. The molecule has 0 spiro atoms. The summed E-state index contributed by atoms with van der Waals surface area (Å²) in [5.74, 6) is -0.150. The number of carbonyl (C=O) groups excluding carboxylic acids is 1. The molecule has 3 aromatic rings. The van der Waals surface area contributed by atoms with Crippen molar-refractivity contribution < 1.29 is 9.72 Å². The lowest BCUT2D eigenvalue weighted by Crippen LogP contribution is -2.19. The molecule has 1 amide bonds. The smallest absolute Gasteiger partial charge is 0.301 e. The van der Waals surface area contributed by atoms with Gasteiger partial charge in [-0.1, -0.05) is 12.1 Å². The molecule has 3 rings (SSSR count). The maximum absolute atomic E-state index is 11.7. The van der Waals surface area contributed by atoms with Gasteiger partial charge in [0.2, 0.25) is 0 Å². The molecule has 1 aromatic heterocycles. The van der Waals surface area contributed by atoms with Crippen LogP contribution in [-0.4, -0.2) is 29.9 Å². The number of nitro groups is 1. The van der Waals surface area contributed by atoms with E-state index in [1.165, 1.54) is 0 Å². The Bertz CT molecular complexity index is 970. The van der Waals surface area contributed by atoms with Gasteiger partial charge in [0.25, 0.3) is 5.91 Å². The molecule has 7 nitrogen and oxygen atoms in total. The normalized spacial score (nSPS) is 10.5. The molecule has 0 saturated heterocycles. The molecule has 0 aliphatic heterocycles. The highest BCUT2D eigenvalue weighted by Crippen LogP contribution is 2.35. The number of anilines is 1. The highest BCUT2D eigenvalue weighted by Gasteiger charge is 2.21. The molecule has 0 aliphatic rings. The fourth-order valence-corrected chi connectivity index (χ4v) is 2.89. The molecule has 1 N–H and O–H groups in total. The Morgan fingerprint density at radius 1 is 1.19 bits per heavy atom. The van der Waals surface area contributed by atoms with E-state index in [0.717, 1.165) is 5.56 Å². The average Bonchev–Trinajstić information content (AvgIpc) is 2.66. The highest BCUT2D eigenvalue weighted by atomic mass is 16.6. The SMILES string of the molecule is CNC(=O)c1ccc(CN(C)c2ccc3ncccc3c2[N+](=O)[O-])cc1. The molecule has 0 atom stereocenters. The van der Waals surface area contributed by atoms with Gasteiger partial charge in [-0.2, -0.15) is 0 Å². The van der Waals surface area contributed by atoms with Crippen LogP contribution in [0.4, 0.5) is 11.4 Å². The van der Waals surface area contributed by atoms with E-state index in [4.69, 9.17) is 0 Å². The summed E-state index contributed by atoms with van der Waals surface area (Å²) in [6, 6.07) is 14.0. The lowest BCUT2D eigenvalue weighted by molar-refractivity contribution is -0.382. The first-order valence-electron chi connectivity index (χ1n) is 8.05. The Morgan fingerprint density at radius 2 is 1.92 bits per heavy atom. The number of hydrogen-bond acceptors (Lipinski definition) is 5. The molecule has 2 aromatic carbocycles. The molecule has 0 fully saturated rings. The van der Waals surface area contributed by atoms with Crippen LogP contribution < -0.4 is 10.2 Å². The van der Waals surface area contributed by atoms with Gasteiger partial charge in [0.1, 0.15) is 5.69 Å². The van der Waals surface area contributed by atoms with Crippen LogP contribution >= 0.6 is 0 Å². The van der Waals surface area contributed by atoms with E-state index in [2.05, 4.69) is 10.3 Å². The number of rotatable bonds is 5. The number of aromatic nitrogens is 1. The summed E-state index contributed by atoms with van der Waals surface area (Å²) >= 11 is 0. The fraction of sp³-hybridized carbons (Fsp3) is 0.158. The van der Waals surface area contributed by atoms with Gasteiger partial charge in [0.15, 0.2) is 0 Å². The van der Waals surface area contributed by atoms with E-state index in [-0.39, 0.29) is 16.5 Å². The van der Waals surface area contributed by atoms with Gasteiger partial charge >= 0.3 is 5.69 Å². The van der Waals surface area contributed by atoms with Crippen molar-refractivity contribution in [1.82, 2.24) is 10.3 Å². The minimum absolute atomic E-state index is 0.0417. The van der Waals surface area contributed by atoms with E-state index in [9.17, 15) is 14.9 Å². The van der Waals surface area contributed by atoms with E-state index < -0.39 is 0 Å². The highest BCUT2D eigenvalue weighted by molar-refractivity contribution is 5.95. The molecule has 0 bridgehead atoms. The molecule has 0 radical (unpaired) electrons. The lowest BCUT2D eigenvalue weighted by atomic mass is 10.1. The number of nitrogens with zero attached hydrogens (tertiary/aromatic N) is 3. The van der Waals surface area contributed by atoms with E-state index in [1.807, 2.05) is 17.0 Å². The summed E-state index contributed by atoms with van der Waals surface area (Å²) in [6.07, 6.45) is 1.61. The van der Waals surface area contributed by atoms with E-state index in [0.29, 0.717) is 28.7 Å². The van der Waals surface area contributed by atoms with Gasteiger partial charge in [-0.05, 0) is 42.0 Å². The van der Waals surface area contributed by atoms with Crippen molar-refractivity contribution >= 4 is 28.2 Å². The maximum atomic E-state index is 11.7. The van der Waals surface area contributed by atoms with Gasteiger partial charge < -0.3 is 10.2 Å². The third kappa shape index (κ3) is 3.32. The number of benzene rings is 2. The van der Waals surface area contributed by atoms with Gasteiger partial charge in [-0.3, -0.25) is 19.9 Å². The van der Waals surface area contributed by atoms with Crippen LogP contribution in [0.15, 0.2) is 54.7 Å². The van der Waals surface area contributed by atoms with Gasteiger partial charge in [-0.15, -0.1) is 0 Å². The standard InChI is InChI=1S/C19H18N4O3/c1-20-19(24)14-7-5-13(6-8-14)12-22(2)17-10-9-16-15(4-3-11-21-16)18(17)23(25)26/h3-11H,12H2,1-2H3,(H,20,24). The topological polar surface area (TPSA) is 88.4 Å². The number of nitro benzene ring substituents is 1.